The highest BCUT2D eigenvalue weighted by atomic mass is 16.5. The van der Waals surface area contributed by atoms with Crippen LogP contribution in [-0.4, -0.2) is 9.97 Å². The number of ether oxygens (including phenoxy) is 1. The fourth-order valence-electron chi connectivity index (χ4n) is 1.30. The molecule has 0 radical (unpaired) electrons. The van der Waals surface area contributed by atoms with Crippen LogP contribution in [0, 0.1) is 6.92 Å². The number of aryl methyl sites for hydroxylation is 1. The maximum absolute atomic E-state index is 5.57. The topological polar surface area (TPSA) is 73.1 Å². The Kier molecular flexibility index (Phi) is 3.52. The first kappa shape index (κ1) is 11.3. The molecule has 3 N–H and O–H groups in total. The van der Waals surface area contributed by atoms with E-state index >= 15 is 0 Å². The highest BCUT2D eigenvalue weighted by molar-refractivity contribution is 5.29. The van der Waals surface area contributed by atoms with Gasteiger partial charge < -0.3 is 10.2 Å². The van der Waals surface area contributed by atoms with Crippen LogP contribution in [0.15, 0.2) is 36.7 Å². The van der Waals surface area contributed by atoms with E-state index in [0.717, 1.165) is 11.4 Å². The van der Waals surface area contributed by atoms with E-state index in [-0.39, 0.29) is 0 Å². The maximum atomic E-state index is 5.57. The number of aromatic nitrogens is 2. The summed E-state index contributed by atoms with van der Waals surface area (Å²) >= 11 is 0. The second-order valence-corrected chi connectivity index (χ2v) is 3.64. The van der Waals surface area contributed by atoms with Gasteiger partial charge in [-0.2, -0.15) is 0 Å². The molecule has 17 heavy (non-hydrogen) atoms. The van der Waals surface area contributed by atoms with E-state index in [4.69, 9.17) is 10.6 Å². The van der Waals surface area contributed by atoms with Crippen LogP contribution in [0.3, 0.4) is 0 Å². The van der Waals surface area contributed by atoms with E-state index in [1.807, 2.05) is 31.2 Å². The minimum absolute atomic E-state index is 0.390. The molecule has 0 fully saturated rings. The predicted octanol–water partition coefficient (Wildman–Crippen LogP) is 1.65. The monoisotopic (exact) mass is 230 g/mol. The number of hydrazine groups is 1. The number of hydrogen-bond acceptors (Lipinski definition) is 5. The van der Waals surface area contributed by atoms with E-state index in [2.05, 4.69) is 15.4 Å². The minimum atomic E-state index is 0.390. The fourth-order valence-corrected chi connectivity index (χ4v) is 1.30. The van der Waals surface area contributed by atoms with Crippen LogP contribution in [0.4, 0.5) is 5.82 Å². The summed E-state index contributed by atoms with van der Waals surface area (Å²) in [5, 5.41) is 0. The number of hydrogen-bond donors (Lipinski definition) is 2. The maximum Gasteiger partial charge on any atom is 0.158 e. The van der Waals surface area contributed by atoms with Crippen LogP contribution in [0.5, 0.6) is 5.75 Å². The number of nitrogens with two attached hydrogens (primary N) is 1. The molecule has 1 aromatic heterocycles. The highest BCUT2D eigenvalue weighted by Gasteiger charge is 1.98. The summed E-state index contributed by atoms with van der Waals surface area (Å²) in [6.07, 6.45) is 3.19. The summed E-state index contributed by atoms with van der Waals surface area (Å²) in [5.74, 6) is 6.54. The van der Waals surface area contributed by atoms with Crippen LogP contribution < -0.4 is 16.0 Å². The molecule has 1 aromatic carbocycles. The molecule has 0 aliphatic carbocycles. The lowest BCUT2D eigenvalue weighted by Crippen LogP contribution is -2.09. The van der Waals surface area contributed by atoms with Gasteiger partial charge in [-0.1, -0.05) is 17.7 Å². The summed E-state index contributed by atoms with van der Waals surface area (Å²) in [6.45, 7) is 2.43. The van der Waals surface area contributed by atoms with Gasteiger partial charge in [0.1, 0.15) is 12.4 Å². The quantitative estimate of drug-likeness (QED) is 0.617. The Morgan fingerprint density at radius 3 is 2.53 bits per heavy atom. The summed E-state index contributed by atoms with van der Waals surface area (Å²) in [4.78, 5) is 8.20. The predicted molar refractivity (Wildman–Crippen MR) is 65.4 cm³/mol. The van der Waals surface area contributed by atoms with Crippen molar-refractivity contribution >= 4 is 5.82 Å². The second kappa shape index (κ2) is 5.27. The molecule has 88 valence electrons. The largest absolute Gasteiger partial charge is 0.487 e. The zero-order valence-electron chi connectivity index (χ0n) is 9.55. The molecule has 0 amide bonds. The van der Waals surface area contributed by atoms with Crippen molar-refractivity contribution < 1.29 is 4.74 Å². The van der Waals surface area contributed by atoms with Crippen molar-refractivity contribution in [2.45, 2.75) is 13.5 Å². The molecule has 2 rings (SSSR count). The molecular formula is C12H14N4O. The lowest BCUT2D eigenvalue weighted by Gasteiger charge is -2.06. The van der Waals surface area contributed by atoms with E-state index in [0.29, 0.717) is 12.4 Å². The molecule has 5 nitrogen and oxygen atoms in total. The summed E-state index contributed by atoms with van der Waals surface area (Å²) in [7, 11) is 0. The van der Waals surface area contributed by atoms with Gasteiger partial charge in [0.25, 0.3) is 0 Å². The van der Waals surface area contributed by atoms with Gasteiger partial charge in [-0.05, 0) is 19.1 Å². The SMILES string of the molecule is Cc1ccc(OCc2cnc(NN)cn2)cc1. The van der Waals surface area contributed by atoms with Crippen molar-refractivity contribution in [2.24, 2.45) is 5.84 Å². The molecule has 0 bridgehead atoms. The van der Waals surface area contributed by atoms with E-state index < -0.39 is 0 Å². The van der Waals surface area contributed by atoms with Gasteiger partial charge in [0.15, 0.2) is 5.82 Å². The molecular weight excluding hydrogens is 216 g/mol. The fraction of sp³-hybridized carbons (Fsp3) is 0.167. The molecule has 0 atom stereocenters. The summed E-state index contributed by atoms with van der Waals surface area (Å²) in [6, 6.07) is 7.86. The number of anilines is 1. The third-order valence-corrected chi connectivity index (χ3v) is 2.26. The third kappa shape index (κ3) is 3.15. The van der Waals surface area contributed by atoms with Gasteiger partial charge in [0, 0.05) is 0 Å². The first-order valence-electron chi connectivity index (χ1n) is 5.25. The van der Waals surface area contributed by atoms with Crippen molar-refractivity contribution in [3.8, 4) is 5.75 Å². The van der Waals surface area contributed by atoms with Crippen molar-refractivity contribution in [3.63, 3.8) is 0 Å². The molecule has 2 aromatic rings. The van der Waals surface area contributed by atoms with Crippen LogP contribution >= 0.6 is 0 Å². The molecule has 0 saturated carbocycles. The third-order valence-electron chi connectivity index (χ3n) is 2.26. The molecule has 5 heteroatoms. The van der Waals surface area contributed by atoms with Crippen molar-refractivity contribution in [2.75, 3.05) is 5.43 Å². The zero-order valence-corrected chi connectivity index (χ0v) is 9.55. The van der Waals surface area contributed by atoms with E-state index in [1.165, 1.54) is 5.56 Å². The normalized spacial score (nSPS) is 10.0. The molecule has 0 unspecified atom stereocenters. The Balaban J connectivity index is 1.95. The van der Waals surface area contributed by atoms with Gasteiger partial charge in [-0.25, -0.2) is 10.8 Å². The molecule has 0 spiro atoms. The first-order chi connectivity index (χ1) is 8.28. The molecule has 0 aliphatic rings. The summed E-state index contributed by atoms with van der Waals surface area (Å²) in [5.41, 5.74) is 4.38. The zero-order chi connectivity index (χ0) is 12.1. The Morgan fingerprint density at radius 2 is 1.94 bits per heavy atom. The van der Waals surface area contributed by atoms with Gasteiger partial charge in [-0.3, -0.25) is 4.98 Å². The van der Waals surface area contributed by atoms with Gasteiger partial charge in [0.2, 0.25) is 0 Å². The first-order valence-corrected chi connectivity index (χ1v) is 5.25. The number of nitrogen functional groups attached to an aromatic ring is 1. The van der Waals surface area contributed by atoms with Crippen LogP contribution in [-0.2, 0) is 6.61 Å². The molecule has 0 aliphatic heterocycles. The average Bonchev–Trinajstić information content (AvgIpc) is 2.39. The Bertz CT molecular complexity index is 467. The second-order valence-electron chi connectivity index (χ2n) is 3.64. The highest BCUT2D eigenvalue weighted by Crippen LogP contribution is 2.13. The lowest BCUT2D eigenvalue weighted by atomic mass is 10.2. The Labute approximate surface area is 99.6 Å². The number of rotatable bonds is 4. The van der Waals surface area contributed by atoms with Gasteiger partial charge >= 0.3 is 0 Å². The van der Waals surface area contributed by atoms with Crippen LogP contribution in [0.1, 0.15) is 11.3 Å². The van der Waals surface area contributed by atoms with Gasteiger partial charge in [-0.15, -0.1) is 0 Å². The van der Waals surface area contributed by atoms with Gasteiger partial charge in [0.05, 0.1) is 18.1 Å². The van der Waals surface area contributed by atoms with E-state index in [9.17, 15) is 0 Å². The molecule has 1 heterocycles. The molecule has 0 saturated heterocycles. The Hall–Kier alpha value is -2.14. The Morgan fingerprint density at radius 1 is 1.18 bits per heavy atom. The van der Waals surface area contributed by atoms with E-state index in [1.54, 1.807) is 12.4 Å². The lowest BCUT2D eigenvalue weighted by molar-refractivity contribution is 0.301. The smallest absolute Gasteiger partial charge is 0.158 e. The minimum Gasteiger partial charge on any atom is -0.487 e. The summed E-state index contributed by atoms with van der Waals surface area (Å²) < 4.78 is 5.57. The number of benzene rings is 1. The van der Waals surface area contributed by atoms with Crippen LogP contribution in [0.2, 0.25) is 0 Å². The number of nitrogens with zero attached hydrogens (tertiary/aromatic N) is 2. The van der Waals surface area contributed by atoms with Crippen molar-refractivity contribution in [3.05, 3.63) is 47.9 Å². The number of nitrogens with one attached hydrogen (secondary N) is 1. The van der Waals surface area contributed by atoms with Crippen LogP contribution in [0.25, 0.3) is 0 Å². The average molecular weight is 230 g/mol. The standard InChI is InChI=1S/C12H14N4O/c1-9-2-4-11(5-3-9)17-8-10-6-15-12(16-13)7-14-10/h2-7H,8,13H2,1H3,(H,15,16). The van der Waals surface area contributed by atoms with Crippen molar-refractivity contribution in [1.29, 1.82) is 0 Å². The van der Waals surface area contributed by atoms with Crippen molar-refractivity contribution in [1.82, 2.24) is 9.97 Å².